The van der Waals surface area contributed by atoms with Gasteiger partial charge in [0.05, 0.1) is 0 Å². The molecular formula is C12H10FNO. The molecule has 0 fully saturated rings. The van der Waals surface area contributed by atoms with Crippen LogP contribution in [0.15, 0.2) is 36.7 Å². The summed E-state index contributed by atoms with van der Waals surface area (Å²) in [6, 6.07) is 5.82. The maximum Gasteiger partial charge on any atom is 0.126 e. The Morgan fingerprint density at radius 3 is 2.67 bits per heavy atom. The van der Waals surface area contributed by atoms with Crippen molar-refractivity contribution in [3.05, 3.63) is 48.0 Å². The van der Waals surface area contributed by atoms with Gasteiger partial charge in [-0.2, -0.15) is 0 Å². The molecule has 2 aromatic rings. The maximum atomic E-state index is 12.8. The van der Waals surface area contributed by atoms with Crippen molar-refractivity contribution in [1.82, 2.24) is 4.98 Å². The molecule has 0 aliphatic carbocycles. The van der Waals surface area contributed by atoms with E-state index in [0.29, 0.717) is 5.56 Å². The number of aromatic nitrogens is 1. The molecule has 0 aliphatic rings. The monoisotopic (exact) mass is 203 g/mol. The number of phenols is 1. The first-order valence-corrected chi connectivity index (χ1v) is 4.58. The van der Waals surface area contributed by atoms with Crippen LogP contribution in [0.25, 0.3) is 11.1 Å². The molecule has 1 N–H and O–H groups in total. The number of halogens is 1. The molecule has 15 heavy (non-hydrogen) atoms. The second-order valence-corrected chi connectivity index (χ2v) is 3.35. The summed E-state index contributed by atoms with van der Waals surface area (Å²) in [5.41, 5.74) is 2.41. The first-order valence-electron chi connectivity index (χ1n) is 4.58. The van der Waals surface area contributed by atoms with E-state index in [4.69, 9.17) is 0 Å². The van der Waals surface area contributed by atoms with E-state index >= 15 is 0 Å². The van der Waals surface area contributed by atoms with Gasteiger partial charge in [-0.05, 0) is 30.7 Å². The Kier molecular flexibility index (Phi) is 2.37. The minimum atomic E-state index is -0.446. The van der Waals surface area contributed by atoms with Crippen LogP contribution in [-0.4, -0.2) is 10.1 Å². The molecular weight excluding hydrogens is 193 g/mol. The van der Waals surface area contributed by atoms with Crippen molar-refractivity contribution in [3.8, 4) is 16.9 Å². The average Bonchev–Trinajstić information content (AvgIpc) is 2.20. The van der Waals surface area contributed by atoms with E-state index in [1.165, 1.54) is 6.07 Å². The third kappa shape index (κ3) is 1.81. The second-order valence-electron chi connectivity index (χ2n) is 3.35. The third-order valence-electron chi connectivity index (χ3n) is 2.29. The molecule has 0 aliphatic heterocycles. The Bertz CT molecular complexity index is 497. The van der Waals surface area contributed by atoms with Gasteiger partial charge in [0, 0.05) is 29.6 Å². The van der Waals surface area contributed by atoms with Crippen molar-refractivity contribution < 1.29 is 9.50 Å². The van der Waals surface area contributed by atoms with E-state index in [1.54, 1.807) is 18.5 Å². The lowest BCUT2D eigenvalue weighted by Gasteiger charge is -2.06. The number of hydrogen-bond donors (Lipinski definition) is 1. The van der Waals surface area contributed by atoms with E-state index < -0.39 is 5.82 Å². The van der Waals surface area contributed by atoms with Gasteiger partial charge in [-0.15, -0.1) is 0 Å². The van der Waals surface area contributed by atoms with Crippen LogP contribution in [-0.2, 0) is 0 Å². The van der Waals surface area contributed by atoms with Crippen molar-refractivity contribution in [2.45, 2.75) is 6.92 Å². The number of phenolic OH excluding ortho intramolecular Hbond substituents is 1. The van der Waals surface area contributed by atoms with Crippen LogP contribution in [0.4, 0.5) is 4.39 Å². The van der Waals surface area contributed by atoms with Crippen molar-refractivity contribution in [3.63, 3.8) is 0 Å². The van der Waals surface area contributed by atoms with E-state index in [9.17, 15) is 9.50 Å². The van der Waals surface area contributed by atoms with Crippen LogP contribution in [0.1, 0.15) is 5.56 Å². The number of hydrogen-bond acceptors (Lipinski definition) is 2. The molecule has 76 valence electrons. The Labute approximate surface area is 87.0 Å². The lowest BCUT2D eigenvalue weighted by molar-refractivity contribution is 0.471. The van der Waals surface area contributed by atoms with Gasteiger partial charge < -0.3 is 5.11 Å². The van der Waals surface area contributed by atoms with E-state index in [2.05, 4.69) is 4.98 Å². The first kappa shape index (κ1) is 9.65. The molecule has 0 bridgehead atoms. The number of pyridine rings is 1. The predicted octanol–water partition coefficient (Wildman–Crippen LogP) is 2.90. The Hall–Kier alpha value is -1.90. The number of nitrogens with zero attached hydrogens (tertiary/aromatic N) is 1. The molecule has 0 radical (unpaired) electrons. The fourth-order valence-corrected chi connectivity index (χ4v) is 1.48. The zero-order valence-electron chi connectivity index (χ0n) is 8.24. The summed E-state index contributed by atoms with van der Waals surface area (Å²) in [5, 5.41) is 9.60. The van der Waals surface area contributed by atoms with Crippen LogP contribution in [0.5, 0.6) is 5.75 Å². The molecule has 0 unspecified atom stereocenters. The zero-order chi connectivity index (χ0) is 10.8. The largest absolute Gasteiger partial charge is 0.507 e. The minimum absolute atomic E-state index is 0.0638. The van der Waals surface area contributed by atoms with Crippen LogP contribution >= 0.6 is 0 Å². The van der Waals surface area contributed by atoms with Crippen LogP contribution in [0.2, 0.25) is 0 Å². The summed E-state index contributed by atoms with van der Waals surface area (Å²) < 4.78 is 12.8. The van der Waals surface area contributed by atoms with Gasteiger partial charge in [-0.1, -0.05) is 0 Å². The van der Waals surface area contributed by atoms with Crippen LogP contribution in [0.3, 0.4) is 0 Å². The summed E-state index contributed by atoms with van der Waals surface area (Å²) in [4.78, 5) is 3.98. The lowest BCUT2D eigenvalue weighted by atomic mass is 10.0. The fraction of sp³-hybridized carbons (Fsp3) is 0.0833. The fourth-order valence-electron chi connectivity index (χ4n) is 1.48. The maximum absolute atomic E-state index is 12.8. The molecule has 1 aromatic heterocycles. The summed E-state index contributed by atoms with van der Waals surface area (Å²) in [5.74, 6) is -0.510. The number of aryl methyl sites for hydroxylation is 1. The number of aromatic hydroxyl groups is 1. The molecule has 2 rings (SSSR count). The van der Waals surface area contributed by atoms with Gasteiger partial charge in [-0.3, -0.25) is 4.98 Å². The van der Waals surface area contributed by atoms with Gasteiger partial charge in [0.15, 0.2) is 0 Å². The van der Waals surface area contributed by atoms with Crippen molar-refractivity contribution >= 4 is 0 Å². The predicted molar refractivity (Wildman–Crippen MR) is 56.0 cm³/mol. The summed E-state index contributed by atoms with van der Waals surface area (Å²) in [6.07, 6.45) is 3.34. The smallest absolute Gasteiger partial charge is 0.126 e. The van der Waals surface area contributed by atoms with E-state index in [0.717, 1.165) is 17.2 Å². The zero-order valence-corrected chi connectivity index (χ0v) is 8.24. The normalized spacial score (nSPS) is 10.3. The number of benzene rings is 1. The molecule has 0 amide bonds. The van der Waals surface area contributed by atoms with Gasteiger partial charge in [0.25, 0.3) is 0 Å². The topological polar surface area (TPSA) is 33.1 Å². The summed E-state index contributed by atoms with van der Waals surface area (Å²) in [6.45, 7) is 1.92. The van der Waals surface area contributed by atoms with Gasteiger partial charge in [0.2, 0.25) is 0 Å². The minimum Gasteiger partial charge on any atom is -0.507 e. The first-order chi connectivity index (χ1) is 7.18. The highest BCUT2D eigenvalue weighted by molar-refractivity contribution is 5.71. The lowest BCUT2D eigenvalue weighted by Crippen LogP contribution is -1.86. The Morgan fingerprint density at radius 1 is 1.20 bits per heavy atom. The van der Waals surface area contributed by atoms with Gasteiger partial charge in [-0.25, -0.2) is 4.39 Å². The Balaban J connectivity index is 2.60. The van der Waals surface area contributed by atoms with Gasteiger partial charge in [0.1, 0.15) is 11.6 Å². The highest BCUT2D eigenvalue weighted by Gasteiger charge is 2.07. The quantitative estimate of drug-likeness (QED) is 0.773. The summed E-state index contributed by atoms with van der Waals surface area (Å²) in [7, 11) is 0. The third-order valence-corrected chi connectivity index (χ3v) is 2.29. The molecule has 1 heterocycles. The van der Waals surface area contributed by atoms with Crippen molar-refractivity contribution in [2.24, 2.45) is 0 Å². The van der Waals surface area contributed by atoms with Crippen LogP contribution < -0.4 is 0 Å². The van der Waals surface area contributed by atoms with Gasteiger partial charge >= 0.3 is 0 Å². The van der Waals surface area contributed by atoms with Crippen molar-refractivity contribution in [2.75, 3.05) is 0 Å². The molecule has 0 saturated heterocycles. The molecule has 0 atom stereocenters. The standard InChI is InChI=1S/C12H10FNO/c1-8-4-5-14-7-11(8)10-3-2-9(13)6-12(10)15/h2-7,15H,1H3. The Morgan fingerprint density at radius 2 is 2.00 bits per heavy atom. The molecule has 3 heteroatoms. The highest BCUT2D eigenvalue weighted by Crippen LogP contribution is 2.30. The molecule has 0 saturated carbocycles. The highest BCUT2D eigenvalue weighted by atomic mass is 19.1. The molecule has 0 spiro atoms. The number of rotatable bonds is 1. The average molecular weight is 203 g/mol. The molecule has 1 aromatic carbocycles. The van der Waals surface area contributed by atoms with Crippen molar-refractivity contribution in [1.29, 1.82) is 0 Å². The van der Waals surface area contributed by atoms with E-state index in [1.807, 2.05) is 13.0 Å². The second kappa shape index (κ2) is 3.69. The van der Waals surface area contributed by atoms with Crippen LogP contribution in [0, 0.1) is 12.7 Å². The van der Waals surface area contributed by atoms with E-state index in [-0.39, 0.29) is 5.75 Å². The summed E-state index contributed by atoms with van der Waals surface area (Å²) >= 11 is 0. The SMILES string of the molecule is Cc1ccncc1-c1ccc(F)cc1O. The molecule has 2 nitrogen and oxygen atoms in total.